The average molecular weight is 380 g/mol. The summed E-state index contributed by atoms with van der Waals surface area (Å²) in [6.45, 7) is 1.34. The Bertz CT molecular complexity index is 830. The lowest BCUT2D eigenvalue weighted by atomic mass is 10.3. The fraction of sp³-hybridized carbons (Fsp3) is 0.118. The Kier molecular flexibility index (Phi) is 6.38. The second-order valence-corrected chi connectivity index (χ2v) is 5.76. The van der Waals surface area contributed by atoms with Gasteiger partial charge in [0.1, 0.15) is 11.5 Å². The molecule has 1 amide bonds. The van der Waals surface area contributed by atoms with Gasteiger partial charge in [0.05, 0.1) is 17.8 Å². The number of hydrogen-bond acceptors (Lipinski definition) is 5. The van der Waals surface area contributed by atoms with E-state index in [4.69, 9.17) is 27.9 Å². The number of anilines is 1. The van der Waals surface area contributed by atoms with Crippen molar-refractivity contribution in [2.24, 2.45) is 10.2 Å². The predicted molar refractivity (Wildman–Crippen MR) is 97.9 cm³/mol. The van der Waals surface area contributed by atoms with Gasteiger partial charge in [-0.1, -0.05) is 23.2 Å². The quantitative estimate of drug-likeness (QED) is 0.407. The molecule has 0 saturated carbocycles. The van der Waals surface area contributed by atoms with E-state index >= 15 is 0 Å². The van der Waals surface area contributed by atoms with Crippen molar-refractivity contribution in [3.05, 3.63) is 64.0 Å². The molecular formula is C17H15Cl2N3O3. The Balaban J connectivity index is 2.17. The fourth-order valence-electron chi connectivity index (χ4n) is 1.83. The molecule has 130 valence electrons. The van der Waals surface area contributed by atoms with Crippen molar-refractivity contribution in [3.8, 4) is 5.75 Å². The van der Waals surface area contributed by atoms with Crippen LogP contribution in [-0.4, -0.2) is 18.1 Å². The van der Waals surface area contributed by atoms with E-state index in [0.29, 0.717) is 27.2 Å². The normalized spacial score (nSPS) is 12.0. The Morgan fingerprint density at radius 3 is 2.40 bits per heavy atom. The van der Waals surface area contributed by atoms with Crippen LogP contribution in [0.1, 0.15) is 6.92 Å². The maximum Gasteiger partial charge on any atom is 0.279 e. The third kappa shape index (κ3) is 5.20. The molecule has 0 spiro atoms. The lowest BCUT2D eigenvalue weighted by Crippen LogP contribution is -2.14. The number of carbonyl (C=O) groups is 1. The van der Waals surface area contributed by atoms with Crippen LogP contribution >= 0.6 is 23.2 Å². The monoisotopic (exact) mass is 379 g/mol. The van der Waals surface area contributed by atoms with E-state index in [9.17, 15) is 9.90 Å². The van der Waals surface area contributed by atoms with Crippen LogP contribution in [0.25, 0.3) is 0 Å². The summed E-state index contributed by atoms with van der Waals surface area (Å²) in [6, 6.07) is 11.3. The summed E-state index contributed by atoms with van der Waals surface area (Å²) in [4.78, 5) is 12.3. The number of azo groups is 1. The minimum atomic E-state index is -0.626. The maximum absolute atomic E-state index is 12.3. The van der Waals surface area contributed by atoms with Gasteiger partial charge in [0.25, 0.3) is 5.91 Å². The number of halogens is 2. The second kappa shape index (κ2) is 8.50. The molecule has 2 rings (SSSR count). The highest BCUT2D eigenvalue weighted by Crippen LogP contribution is 2.27. The van der Waals surface area contributed by atoms with Crippen LogP contribution in [0.5, 0.6) is 5.75 Å². The number of benzene rings is 2. The Labute approximate surface area is 154 Å². The van der Waals surface area contributed by atoms with Crippen LogP contribution < -0.4 is 10.1 Å². The SMILES string of the molecule is COc1ccc(NC(=O)/C(N=Nc2ccc(Cl)cc2)=C(/C)O)cc1Cl. The van der Waals surface area contributed by atoms with Gasteiger partial charge < -0.3 is 15.2 Å². The molecule has 25 heavy (non-hydrogen) atoms. The first-order valence-electron chi connectivity index (χ1n) is 7.12. The van der Waals surface area contributed by atoms with Crippen molar-refractivity contribution in [2.45, 2.75) is 6.92 Å². The van der Waals surface area contributed by atoms with Crippen molar-refractivity contribution in [3.63, 3.8) is 0 Å². The first-order chi connectivity index (χ1) is 11.9. The van der Waals surface area contributed by atoms with Crippen LogP contribution in [0, 0.1) is 0 Å². The topological polar surface area (TPSA) is 83.3 Å². The zero-order chi connectivity index (χ0) is 18.4. The van der Waals surface area contributed by atoms with E-state index in [2.05, 4.69) is 15.5 Å². The third-order valence-corrected chi connectivity index (χ3v) is 3.61. The largest absolute Gasteiger partial charge is 0.510 e. The number of carbonyl (C=O) groups excluding carboxylic acids is 1. The molecule has 0 unspecified atom stereocenters. The van der Waals surface area contributed by atoms with E-state index in [1.807, 2.05) is 0 Å². The Hall–Kier alpha value is -2.57. The highest BCUT2D eigenvalue weighted by Gasteiger charge is 2.14. The van der Waals surface area contributed by atoms with E-state index < -0.39 is 5.91 Å². The smallest absolute Gasteiger partial charge is 0.279 e. The highest BCUT2D eigenvalue weighted by molar-refractivity contribution is 6.32. The van der Waals surface area contributed by atoms with Crippen LogP contribution in [0.15, 0.2) is 64.1 Å². The lowest BCUT2D eigenvalue weighted by Gasteiger charge is -2.08. The van der Waals surface area contributed by atoms with Crippen molar-refractivity contribution in [1.29, 1.82) is 0 Å². The zero-order valence-electron chi connectivity index (χ0n) is 13.5. The number of rotatable bonds is 5. The highest BCUT2D eigenvalue weighted by atomic mass is 35.5. The Morgan fingerprint density at radius 2 is 1.84 bits per heavy atom. The average Bonchev–Trinajstić information content (AvgIpc) is 2.56. The molecule has 8 heteroatoms. The first kappa shape index (κ1) is 18.8. The van der Waals surface area contributed by atoms with Crippen molar-refractivity contribution < 1.29 is 14.6 Å². The summed E-state index contributed by atoms with van der Waals surface area (Å²) in [7, 11) is 1.49. The molecular weight excluding hydrogens is 365 g/mol. The van der Waals surface area contributed by atoms with Crippen LogP contribution in [-0.2, 0) is 4.79 Å². The molecule has 0 bridgehead atoms. The molecule has 0 aliphatic heterocycles. The van der Waals surface area contributed by atoms with Gasteiger partial charge >= 0.3 is 0 Å². The summed E-state index contributed by atoms with van der Waals surface area (Å²) in [6.07, 6.45) is 0. The van der Waals surface area contributed by atoms with E-state index in [-0.39, 0.29) is 11.5 Å². The summed E-state index contributed by atoms with van der Waals surface area (Å²) < 4.78 is 5.05. The number of ether oxygens (including phenoxy) is 1. The fourth-order valence-corrected chi connectivity index (χ4v) is 2.22. The van der Waals surface area contributed by atoms with Gasteiger partial charge in [0, 0.05) is 10.7 Å². The van der Waals surface area contributed by atoms with Gasteiger partial charge in [-0.25, -0.2) is 0 Å². The van der Waals surface area contributed by atoms with Crippen LogP contribution in [0.4, 0.5) is 11.4 Å². The number of methoxy groups -OCH3 is 1. The number of hydrogen-bond donors (Lipinski definition) is 2. The molecule has 0 aromatic heterocycles. The molecule has 0 heterocycles. The maximum atomic E-state index is 12.3. The molecule has 0 aliphatic carbocycles. The van der Waals surface area contributed by atoms with Gasteiger partial charge in [-0.15, -0.1) is 5.11 Å². The minimum Gasteiger partial charge on any atom is -0.510 e. The zero-order valence-corrected chi connectivity index (χ0v) is 15.0. The number of allylic oxidation sites excluding steroid dienone is 1. The molecule has 2 aromatic carbocycles. The molecule has 2 N–H and O–H groups in total. The number of amides is 1. The van der Waals surface area contributed by atoms with Gasteiger partial charge in [-0.05, 0) is 49.4 Å². The van der Waals surface area contributed by atoms with E-state index in [1.165, 1.54) is 20.1 Å². The molecule has 0 saturated heterocycles. The lowest BCUT2D eigenvalue weighted by molar-refractivity contribution is -0.113. The minimum absolute atomic E-state index is 0.220. The van der Waals surface area contributed by atoms with Gasteiger partial charge in [-0.3, -0.25) is 4.79 Å². The summed E-state index contributed by atoms with van der Waals surface area (Å²) in [5.74, 6) is -0.412. The van der Waals surface area contributed by atoms with E-state index in [0.717, 1.165) is 0 Å². The van der Waals surface area contributed by atoms with E-state index in [1.54, 1.807) is 36.4 Å². The number of nitrogens with one attached hydrogen (secondary N) is 1. The number of aliphatic hydroxyl groups excluding tert-OH is 1. The van der Waals surface area contributed by atoms with Gasteiger partial charge in [0.15, 0.2) is 5.70 Å². The standard InChI is InChI=1S/C17H15Cl2N3O3/c1-10(23)16(22-21-12-5-3-11(18)4-6-12)17(24)20-13-7-8-15(25-2)14(19)9-13/h3-9,23H,1-2H3,(H,20,24)/b16-10+,22-21?. The first-order valence-corrected chi connectivity index (χ1v) is 7.88. The summed E-state index contributed by atoms with van der Waals surface area (Å²) in [5, 5.41) is 20.9. The van der Waals surface area contributed by atoms with Crippen molar-refractivity contribution >= 4 is 40.5 Å². The molecule has 2 aromatic rings. The predicted octanol–water partition coefficient (Wildman–Crippen LogP) is 5.51. The van der Waals surface area contributed by atoms with Crippen LogP contribution in [0.2, 0.25) is 10.0 Å². The summed E-state index contributed by atoms with van der Waals surface area (Å²) >= 11 is 11.8. The molecule has 0 aliphatic rings. The van der Waals surface area contributed by atoms with Crippen molar-refractivity contribution in [1.82, 2.24) is 0 Å². The number of aliphatic hydroxyl groups is 1. The van der Waals surface area contributed by atoms with Gasteiger partial charge in [0.2, 0.25) is 0 Å². The van der Waals surface area contributed by atoms with Crippen LogP contribution in [0.3, 0.4) is 0 Å². The van der Waals surface area contributed by atoms with Crippen molar-refractivity contribution in [2.75, 3.05) is 12.4 Å². The second-order valence-electron chi connectivity index (χ2n) is 4.91. The molecule has 0 fully saturated rings. The Morgan fingerprint density at radius 1 is 1.16 bits per heavy atom. The number of nitrogens with zero attached hydrogens (tertiary/aromatic N) is 2. The third-order valence-electron chi connectivity index (χ3n) is 3.06. The molecule has 0 atom stereocenters. The summed E-state index contributed by atoms with van der Waals surface area (Å²) in [5.41, 5.74) is 0.696. The molecule has 0 radical (unpaired) electrons. The van der Waals surface area contributed by atoms with Gasteiger partial charge in [-0.2, -0.15) is 5.11 Å². The molecule has 6 nitrogen and oxygen atoms in total.